The van der Waals surface area contributed by atoms with Crippen LogP contribution in [0.1, 0.15) is 148 Å². The van der Waals surface area contributed by atoms with E-state index in [1.54, 1.807) is 29.8 Å². The average Bonchev–Trinajstić information content (AvgIpc) is 3.27. The van der Waals surface area contributed by atoms with Crippen LogP contribution in [0.3, 0.4) is 0 Å². The summed E-state index contributed by atoms with van der Waals surface area (Å²) < 4.78 is 26.9. The van der Waals surface area contributed by atoms with E-state index < -0.39 is 29.4 Å². The number of carbonyl (C=O) groups is 1. The Morgan fingerprint density at radius 1 is 0.921 bits per heavy atom. The van der Waals surface area contributed by atoms with Gasteiger partial charge in [0.1, 0.15) is 28.9 Å². The van der Waals surface area contributed by atoms with Gasteiger partial charge in [-0.15, -0.1) is 18.3 Å². The first kappa shape index (κ1) is 50.5. The van der Waals surface area contributed by atoms with Crippen LogP contribution in [0, 0.1) is 17.8 Å². The zero-order valence-electron chi connectivity index (χ0n) is 39.3. The van der Waals surface area contributed by atoms with Gasteiger partial charge in [0.25, 0.3) is 0 Å². The second-order valence-electron chi connectivity index (χ2n) is 18.7. The van der Waals surface area contributed by atoms with Gasteiger partial charge in [-0.1, -0.05) is 94.9 Å². The van der Waals surface area contributed by atoms with Crippen LogP contribution >= 0.6 is 11.8 Å². The molecular formula is C52H78N2O8S. The first-order chi connectivity index (χ1) is 30.5. The number of amides is 1. The Kier molecular flexibility index (Phi) is 20.2. The van der Waals surface area contributed by atoms with Gasteiger partial charge in [-0.2, -0.15) is 0 Å². The number of carbonyl (C=O) groups excluding carboxylic acids is 1. The summed E-state index contributed by atoms with van der Waals surface area (Å²) in [6.45, 7) is 13.0. The van der Waals surface area contributed by atoms with Crippen LogP contribution < -0.4 is 9.47 Å². The summed E-state index contributed by atoms with van der Waals surface area (Å²) in [6, 6.07) is 13.5. The Balaban J connectivity index is 1.55. The molecule has 1 fully saturated rings. The van der Waals surface area contributed by atoms with Crippen LogP contribution in [0.5, 0.6) is 17.2 Å². The second kappa shape index (κ2) is 25.3. The molecular weight excluding hydrogens is 813 g/mol. The van der Waals surface area contributed by atoms with E-state index in [0.717, 1.165) is 72.4 Å². The molecule has 0 spiro atoms. The molecule has 2 N–H and O–H groups in total. The predicted molar refractivity (Wildman–Crippen MR) is 255 cm³/mol. The van der Waals surface area contributed by atoms with E-state index in [-0.39, 0.29) is 37.6 Å². The van der Waals surface area contributed by atoms with Crippen molar-refractivity contribution >= 4 is 23.6 Å². The Morgan fingerprint density at radius 2 is 1.57 bits per heavy atom. The third kappa shape index (κ3) is 13.8. The van der Waals surface area contributed by atoms with E-state index in [2.05, 4.69) is 44.0 Å². The Hall–Kier alpha value is -3.51. The molecule has 6 unspecified atom stereocenters. The fraction of sp³-hybridized carbons (Fsp3) is 0.654. The number of aliphatic hydroxyl groups excluding tert-OH is 2. The smallest absolute Gasteiger partial charge is 0.409 e. The van der Waals surface area contributed by atoms with Crippen LogP contribution in [-0.4, -0.2) is 84.1 Å². The van der Waals surface area contributed by atoms with Crippen LogP contribution in [0.15, 0.2) is 76.8 Å². The summed E-state index contributed by atoms with van der Waals surface area (Å²) in [5.41, 5.74) is 2.19. The molecule has 2 aromatic carbocycles. The molecule has 1 amide bonds. The van der Waals surface area contributed by atoms with Gasteiger partial charge in [-0.05, 0) is 119 Å². The lowest BCUT2D eigenvalue weighted by Crippen LogP contribution is -2.69. The van der Waals surface area contributed by atoms with E-state index in [1.807, 2.05) is 45.0 Å². The number of aliphatic hydroxyl groups is 2. The number of thioether (sulfide) groups is 1. The highest BCUT2D eigenvalue weighted by molar-refractivity contribution is 7.98. The Bertz CT molecular complexity index is 1780. The lowest BCUT2D eigenvalue weighted by Gasteiger charge is -2.59. The number of ether oxygens (including phenoxy) is 4. The van der Waals surface area contributed by atoms with E-state index in [0.29, 0.717) is 37.4 Å². The summed E-state index contributed by atoms with van der Waals surface area (Å²) in [6.07, 6.45) is 22.8. The molecule has 3 aliphatic rings. The Labute approximate surface area is 383 Å². The monoisotopic (exact) mass is 891 g/mol. The van der Waals surface area contributed by atoms with Crippen molar-refractivity contribution in [1.29, 1.82) is 0 Å². The number of oxime groups is 1. The summed E-state index contributed by atoms with van der Waals surface area (Å²) >= 11 is 1.69. The standard InChI is InChI=1S/C52H78N2O8S/c1-8-10-11-12-13-14-15-16-17-22-34-58-50(57)54(6)47-37-45(53-62-51(3,4)5)43-35-38(23-18-20-31-55)42(24-19-21-32-56)48-44-36-40(60-39-25-28-41(63-7)29-26-39)27-30-46(44)61-52(47,49(43)48)59-33-9-2/h9,25-30,35-36,38,42,47-49,55-56H,2,8,10-24,31-34,37H2,1,3-7H3. The molecule has 0 aromatic heterocycles. The molecule has 0 radical (unpaired) electrons. The van der Waals surface area contributed by atoms with Crippen LogP contribution in [0.4, 0.5) is 4.79 Å². The van der Waals surface area contributed by atoms with Crippen molar-refractivity contribution in [3.05, 3.63) is 72.3 Å². The topological polar surface area (TPSA) is 119 Å². The molecule has 1 heterocycles. The highest BCUT2D eigenvalue weighted by Gasteiger charge is 2.65. The van der Waals surface area contributed by atoms with Gasteiger partial charge in [-0.25, -0.2) is 4.79 Å². The predicted octanol–water partition coefficient (Wildman–Crippen LogP) is 12.6. The van der Waals surface area contributed by atoms with Gasteiger partial charge < -0.3 is 38.9 Å². The van der Waals surface area contributed by atoms with Crippen LogP contribution in [-0.2, 0) is 14.3 Å². The molecule has 350 valence electrons. The molecule has 1 saturated carbocycles. The van der Waals surface area contributed by atoms with Crippen LogP contribution in [0.25, 0.3) is 0 Å². The quantitative estimate of drug-likeness (QED) is 0.0391. The lowest BCUT2D eigenvalue weighted by molar-refractivity contribution is -0.253. The minimum atomic E-state index is -1.34. The summed E-state index contributed by atoms with van der Waals surface area (Å²) in [5, 5.41) is 24.8. The van der Waals surface area contributed by atoms with Gasteiger partial charge in [0.05, 0.1) is 24.8 Å². The van der Waals surface area contributed by atoms with E-state index >= 15 is 0 Å². The summed E-state index contributed by atoms with van der Waals surface area (Å²) in [7, 11) is 1.79. The fourth-order valence-corrected chi connectivity index (χ4v) is 10.1. The van der Waals surface area contributed by atoms with Crippen molar-refractivity contribution in [1.82, 2.24) is 4.90 Å². The molecule has 6 atom stereocenters. The normalized spacial score (nSPS) is 23.3. The first-order valence-corrected chi connectivity index (χ1v) is 25.2. The third-order valence-corrected chi connectivity index (χ3v) is 13.6. The molecule has 1 aliphatic heterocycles. The minimum Gasteiger partial charge on any atom is -0.459 e. The maximum absolute atomic E-state index is 14.2. The Morgan fingerprint density at radius 3 is 2.21 bits per heavy atom. The SMILES string of the molecule is C=CCOC12Oc3ccc(Oc4ccc(SC)cc4)cc3C3C(CCCCO)C(CCCCO)C=C(C(=NOC(C)(C)C)CC1N(C)C(=O)OCCCCCCCCCCCC)C32. The highest BCUT2D eigenvalue weighted by atomic mass is 32.2. The number of allylic oxidation sites excluding steroid dienone is 1. The molecule has 2 aromatic rings. The zero-order valence-corrected chi connectivity index (χ0v) is 40.1. The van der Waals surface area contributed by atoms with Gasteiger partial charge in [0, 0.05) is 43.1 Å². The van der Waals surface area contributed by atoms with E-state index in [4.69, 9.17) is 28.9 Å². The molecule has 11 heteroatoms. The maximum atomic E-state index is 14.2. The van der Waals surface area contributed by atoms with Gasteiger partial charge >= 0.3 is 6.09 Å². The number of likely N-dealkylation sites (N-methyl/N-ethyl adjacent to an activating group) is 1. The van der Waals surface area contributed by atoms with Crippen molar-refractivity contribution in [2.24, 2.45) is 22.9 Å². The van der Waals surface area contributed by atoms with Crippen molar-refractivity contribution in [2.45, 2.75) is 165 Å². The molecule has 5 rings (SSSR count). The number of fused-ring (bicyclic) bond motifs is 2. The molecule has 0 saturated heterocycles. The van der Waals surface area contributed by atoms with Crippen molar-refractivity contribution in [2.75, 3.05) is 39.7 Å². The molecule has 63 heavy (non-hydrogen) atoms. The second-order valence-corrected chi connectivity index (χ2v) is 19.5. The lowest BCUT2D eigenvalue weighted by atomic mass is 9.55. The average molecular weight is 891 g/mol. The molecule has 0 bridgehead atoms. The summed E-state index contributed by atoms with van der Waals surface area (Å²) in [4.78, 5) is 23.3. The number of unbranched alkanes of at least 4 members (excludes halogenated alkanes) is 11. The first-order valence-electron chi connectivity index (χ1n) is 24.0. The van der Waals surface area contributed by atoms with Gasteiger partial charge in [0.2, 0.25) is 5.79 Å². The highest BCUT2D eigenvalue weighted by Crippen LogP contribution is 2.62. The fourth-order valence-electron chi connectivity index (χ4n) is 9.74. The van der Waals surface area contributed by atoms with E-state index in [1.165, 1.54) is 44.9 Å². The van der Waals surface area contributed by atoms with Crippen molar-refractivity contribution < 1.29 is 38.8 Å². The van der Waals surface area contributed by atoms with Gasteiger partial charge in [-0.3, -0.25) is 0 Å². The number of hydrogen-bond acceptors (Lipinski definition) is 10. The number of rotatable bonds is 27. The third-order valence-electron chi connectivity index (χ3n) is 12.8. The number of hydrogen-bond donors (Lipinski definition) is 2. The van der Waals surface area contributed by atoms with Crippen molar-refractivity contribution in [3.8, 4) is 17.2 Å². The molecule has 10 nitrogen and oxygen atoms in total. The number of benzene rings is 2. The largest absolute Gasteiger partial charge is 0.459 e. The van der Waals surface area contributed by atoms with E-state index in [9.17, 15) is 15.0 Å². The minimum absolute atomic E-state index is 0.103. The van der Waals surface area contributed by atoms with Gasteiger partial charge in [0.15, 0.2) is 0 Å². The maximum Gasteiger partial charge on any atom is 0.409 e. The molecule has 2 aliphatic carbocycles. The zero-order chi connectivity index (χ0) is 45.2. The summed E-state index contributed by atoms with van der Waals surface area (Å²) in [5.74, 6) is 0.431. The van der Waals surface area contributed by atoms with Crippen molar-refractivity contribution in [3.63, 3.8) is 0 Å². The van der Waals surface area contributed by atoms with Crippen LogP contribution in [0.2, 0.25) is 0 Å². The number of nitrogens with zero attached hydrogens (tertiary/aromatic N) is 2.